The molecule has 0 spiro atoms. The molecule has 0 saturated heterocycles. The van der Waals surface area contributed by atoms with Crippen molar-refractivity contribution in [2.75, 3.05) is 11.9 Å². The zero-order chi connectivity index (χ0) is 15.4. The van der Waals surface area contributed by atoms with Crippen molar-refractivity contribution < 1.29 is 14.8 Å². The van der Waals surface area contributed by atoms with E-state index in [0.717, 1.165) is 5.56 Å². The van der Waals surface area contributed by atoms with Gasteiger partial charge in [0.15, 0.2) is 0 Å². The lowest BCUT2D eigenvalue weighted by Gasteiger charge is -2.12. The number of hydrogen-bond acceptors (Lipinski definition) is 6. The molecular formula is C13H13N3O4S. The Morgan fingerprint density at radius 3 is 2.81 bits per heavy atom. The Morgan fingerprint density at radius 1 is 1.48 bits per heavy atom. The topological polar surface area (TPSA) is 118 Å². The number of nitrogens with one attached hydrogen (secondary N) is 1. The first-order valence-electron chi connectivity index (χ1n) is 6.01. The highest BCUT2D eigenvalue weighted by atomic mass is 32.1. The van der Waals surface area contributed by atoms with Crippen LogP contribution >= 0.6 is 11.3 Å². The highest BCUT2D eigenvalue weighted by Gasteiger charge is 2.17. The Kier molecular flexibility index (Phi) is 4.51. The number of hydrogen-bond donors (Lipinski definition) is 3. The van der Waals surface area contributed by atoms with Gasteiger partial charge >= 0.3 is 0 Å². The van der Waals surface area contributed by atoms with E-state index in [-0.39, 0.29) is 23.5 Å². The maximum Gasteiger partial charge on any atom is 0.292 e. The molecule has 0 radical (unpaired) electrons. The molecule has 1 atom stereocenters. The Balaban J connectivity index is 2.19. The minimum absolute atomic E-state index is 0.0831. The first-order valence-corrected chi connectivity index (χ1v) is 6.95. The predicted octanol–water partition coefficient (Wildman–Crippen LogP) is 1.90. The maximum atomic E-state index is 11.1. The van der Waals surface area contributed by atoms with E-state index in [9.17, 15) is 20.0 Å². The number of carbonyl (C=O) groups excluding carboxylic acids is 1. The molecule has 7 nitrogen and oxygen atoms in total. The van der Waals surface area contributed by atoms with Crippen LogP contribution in [0, 0.1) is 10.1 Å². The molecular weight excluding hydrogens is 294 g/mol. The first-order chi connectivity index (χ1) is 9.99. The predicted molar refractivity (Wildman–Crippen MR) is 79.4 cm³/mol. The van der Waals surface area contributed by atoms with Crippen LogP contribution in [0.15, 0.2) is 35.0 Å². The smallest absolute Gasteiger partial charge is 0.292 e. The fourth-order valence-electron chi connectivity index (χ4n) is 1.78. The first kappa shape index (κ1) is 14.9. The van der Waals surface area contributed by atoms with Crippen LogP contribution in [0.25, 0.3) is 0 Å². The van der Waals surface area contributed by atoms with Gasteiger partial charge in [0.1, 0.15) is 5.69 Å². The lowest BCUT2D eigenvalue weighted by Crippen LogP contribution is -2.15. The molecule has 1 aromatic heterocycles. The molecule has 0 aliphatic rings. The Labute approximate surface area is 124 Å². The molecule has 0 saturated carbocycles. The number of aliphatic hydroxyl groups excluding tert-OH is 1. The zero-order valence-electron chi connectivity index (χ0n) is 10.9. The number of anilines is 1. The molecule has 0 aliphatic carbocycles. The second-order valence-electron chi connectivity index (χ2n) is 4.31. The van der Waals surface area contributed by atoms with E-state index in [2.05, 4.69) is 5.32 Å². The van der Waals surface area contributed by atoms with Gasteiger partial charge in [-0.15, -0.1) is 0 Å². The van der Waals surface area contributed by atoms with Crippen LogP contribution in [0.1, 0.15) is 22.0 Å². The lowest BCUT2D eigenvalue weighted by molar-refractivity contribution is -0.384. The summed E-state index contributed by atoms with van der Waals surface area (Å²) in [6.07, 6.45) is -0.798. The van der Waals surface area contributed by atoms with Crippen molar-refractivity contribution in [1.29, 1.82) is 0 Å². The monoisotopic (exact) mass is 307 g/mol. The number of carbonyl (C=O) groups is 1. The zero-order valence-corrected chi connectivity index (χ0v) is 11.7. The lowest BCUT2D eigenvalue weighted by atomic mass is 10.1. The molecule has 1 aromatic carbocycles. The normalized spacial score (nSPS) is 11.9. The quantitative estimate of drug-likeness (QED) is 0.556. The van der Waals surface area contributed by atoms with E-state index in [4.69, 9.17) is 5.73 Å². The number of nitro benzene ring substituents is 1. The van der Waals surface area contributed by atoms with Gasteiger partial charge in [0, 0.05) is 18.2 Å². The summed E-state index contributed by atoms with van der Waals surface area (Å²) in [6, 6.07) is 5.58. The number of thiophene rings is 1. The standard InChI is InChI=1S/C13H13N3O4S/c14-13(18)8-1-2-11(16(19)20)10(5-8)15-6-12(17)9-3-4-21-7-9/h1-5,7,12,15,17H,6H2,(H2,14,18). The van der Waals surface area contributed by atoms with Crippen LogP contribution in [-0.2, 0) is 0 Å². The van der Waals surface area contributed by atoms with Crippen molar-refractivity contribution in [2.45, 2.75) is 6.10 Å². The number of aliphatic hydroxyl groups is 1. The van der Waals surface area contributed by atoms with Crippen LogP contribution < -0.4 is 11.1 Å². The minimum Gasteiger partial charge on any atom is -0.387 e. The Bertz CT molecular complexity index is 657. The van der Waals surface area contributed by atoms with E-state index in [1.165, 1.54) is 29.5 Å². The van der Waals surface area contributed by atoms with Gasteiger partial charge in [0.05, 0.1) is 11.0 Å². The van der Waals surface area contributed by atoms with Crippen molar-refractivity contribution in [2.24, 2.45) is 5.73 Å². The Morgan fingerprint density at radius 2 is 2.24 bits per heavy atom. The number of nitrogens with two attached hydrogens (primary N) is 1. The average Bonchev–Trinajstić information content (AvgIpc) is 2.98. The second kappa shape index (κ2) is 6.33. The maximum absolute atomic E-state index is 11.1. The fourth-order valence-corrected chi connectivity index (χ4v) is 2.49. The van der Waals surface area contributed by atoms with Crippen molar-refractivity contribution in [3.63, 3.8) is 0 Å². The van der Waals surface area contributed by atoms with Gasteiger partial charge in [-0.05, 0) is 34.5 Å². The summed E-state index contributed by atoms with van der Waals surface area (Å²) >= 11 is 1.45. The number of amides is 1. The SMILES string of the molecule is NC(=O)c1ccc([N+](=O)[O-])c(NCC(O)c2ccsc2)c1. The molecule has 2 rings (SSSR count). The van der Waals surface area contributed by atoms with E-state index in [1.54, 1.807) is 11.4 Å². The molecule has 21 heavy (non-hydrogen) atoms. The van der Waals surface area contributed by atoms with Crippen molar-refractivity contribution >= 4 is 28.6 Å². The molecule has 4 N–H and O–H groups in total. The summed E-state index contributed by atoms with van der Waals surface area (Å²) in [7, 11) is 0. The summed E-state index contributed by atoms with van der Waals surface area (Å²) in [5.74, 6) is -0.675. The van der Waals surface area contributed by atoms with E-state index < -0.39 is 16.9 Å². The summed E-state index contributed by atoms with van der Waals surface area (Å²) in [5, 5.41) is 27.3. The van der Waals surface area contributed by atoms with Gasteiger partial charge in [0.2, 0.25) is 5.91 Å². The number of benzene rings is 1. The van der Waals surface area contributed by atoms with Crippen LogP contribution in [0.3, 0.4) is 0 Å². The Hall–Kier alpha value is -2.45. The van der Waals surface area contributed by atoms with Gasteiger partial charge in [0.25, 0.3) is 5.69 Å². The number of nitrogens with zero attached hydrogens (tertiary/aromatic N) is 1. The van der Waals surface area contributed by atoms with Gasteiger partial charge in [-0.3, -0.25) is 14.9 Å². The number of rotatable bonds is 6. The molecule has 1 heterocycles. The number of nitro groups is 1. The van der Waals surface area contributed by atoms with Gasteiger partial charge < -0.3 is 16.2 Å². The van der Waals surface area contributed by atoms with Gasteiger partial charge in [-0.2, -0.15) is 11.3 Å². The summed E-state index contributed by atoms with van der Waals surface area (Å²) in [5.41, 5.74) is 6.00. The highest BCUT2D eigenvalue weighted by molar-refractivity contribution is 7.07. The van der Waals surface area contributed by atoms with Crippen LogP contribution in [-0.4, -0.2) is 22.5 Å². The molecule has 2 aromatic rings. The van der Waals surface area contributed by atoms with Crippen molar-refractivity contribution in [1.82, 2.24) is 0 Å². The van der Waals surface area contributed by atoms with Crippen LogP contribution in [0.5, 0.6) is 0 Å². The molecule has 1 amide bonds. The third-order valence-corrected chi connectivity index (χ3v) is 3.59. The summed E-state index contributed by atoms with van der Waals surface area (Å²) in [4.78, 5) is 21.5. The van der Waals surface area contributed by atoms with Crippen molar-refractivity contribution in [3.8, 4) is 0 Å². The second-order valence-corrected chi connectivity index (χ2v) is 5.09. The highest BCUT2D eigenvalue weighted by Crippen LogP contribution is 2.26. The van der Waals surface area contributed by atoms with Gasteiger partial charge in [-0.1, -0.05) is 0 Å². The molecule has 0 aliphatic heterocycles. The summed E-state index contributed by atoms with van der Waals surface area (Å²) < 4.78 is 0. The largest absolute Gasteiger partial charge is 0.387 e. The van der Waals surface area contributed by atoms with Crippen molar-refractivity contribution in [3.05, 3.63) is 56.3 Å². The molecule has 0 fully saturated rings. The summed E-state index contributed by atoms with van der Waals surface area (Å²) in [6.45, 7) is 0.0831. The number of primary amides is 1. The van der Waals surface area contributed by atoms with E-state index in [1.807, 2.05) is 5.38 Å². The molecule has 110 valence electrons. The molecule has 0 bridgehead atoms. The molecule has 8 heteroatoms. The third kappa shape index (κ3) is 3.56. The van der Waals surface area contributed by atoms with Gasteiger partial charge in [-0.25, -0.2) is 0 Å². The minimum atomic E-state index is -0.798. The fraction of sp³-hybridized carbons (Fsp3) is 0.154. The van der Waals surface area contributed by atoms with E-state index in [0.29, 0.717) is 0 Å². The average molecular weight is 307 g/mol. The van der Waals surface area contributed by atoms with Crippen LogP contribution in [0.2, 0.25) is 0 Å². The third-order valence-electron chi connectivity index (χ3n) is 2.89. The molecule has 1 unspecified atom stereocenters. The van der Waals surface area contributed by atoms with Crippen LogP contribution in [0.4, 0.5) is 11.4 Å². The van der Waals surface area contributed by atoms with E-state index >= 15 is 0 Å².